The number of hydrogen-bond donors (Lipinski definition) is 1. The Bertz CT molecular complexity index is 372. The first-order valence-electron chi connectivity index (χ1n) is 5.48. The maximum Gasteiger partial charge on any atom is 0.138 e. The van der Waals surface area contributed by atoms with Gasteiger partial charge in [-0.25, -0.2) is 4.39 Å². The highest BCUT2D eigenvalue weighted by Crippen LogP contribution is 2.30. The highest BCUT2D eigenvalue weighted by molar-refractivity contribution is 6.32. The lowest BCUT2D eigenvalue weighted by Crippen LogP contribution is -2.23. The first kappa shape index (κ1) is 11.7. The Morgan fingerprint density at radius 1 is 1.44 bits per heavy atom. The average molecular weight is 244 g/mol. The number of rotatable bonds is 3. The molecule has 88 valence electrons. The van der Waals surface area contributed by atoms with Gasteiger partial charge in [0.2, 0.25) is 0 Å². The smallest absolute Gasteiger partial charge is 0.138 e. The van der Waals surface area contributed by atoms with Gasteiger partial charge >= 0.3 is 0 Å². The van der Waals surface area contributed by atoms with Crippen LogP contribution in [0.15, 0.2) is 18.2 Å². The Hall–Kier alpha value is -0.800. The van der Waals surface area contributed by atoms with Crippen LogP contribution in [0.1, 0.15) is 19.3 Å². The van der Waals surface area contributed by atoms with Crippen LogP contribution >= 0.6 is 11.6 Å². The Morgan fingerprint density at radius 2 is 2.25 bits per heavy atom. The summed E-state index contributed by atoms with van der Waals surface area (Å²) in [5.74, 6) is 0.238. The Morgan fingerprint density at radius 3 is 2.88 bits per heavy atom. The summed E-state index contributed by atoms with van der Waals surface area (Å²) in [6, 6.07) is 4.75. The maximum atomic E-state index is 12.8. The predicted molar refractivity (Wildman–Crippen MR) is 62.5 cm³/mol. The molecule has 0 saturated heterocycles. The van der Waals surface area contributed by atoms with Crippen LogP contribution in [0.4, 0.5) is 4.39 Å². The zero-order valence-corrected chi connectivity index (χ0v) is 9.93. The Balaban J connectivity index is 1.99. The molecule has 2 rings (SSSR count). The molecule has 1 saturated carbocycles. The molecule has 1 aromatic carbocycles. The monoisotopic (exact) mass is 243 g/mol. The van der Waals surface area contributed by atoms with Crippen molar-refractivity contribution in [3.63, 3.8) is 0 Å². The second kappa shape index (κ2) is 5.02. The topological polar surface area (TPSA) is 21.3 Å². The lowest BCUT2D eigenvalue weighted by atomic mass is 10.2. The third-order valence-electron chi connectivity index (χ3n) is 2.98. The first-order chi connectivity index (χ1) is 7.69. The van der Waals surface area contributed by atoms with Gasteiger partial charge in [0.15, 0.2) is 0 Å². The van der Waals surface area contributed by atoms with E-state index in [-0.39, 0.29) is 11.9 Å². The molecule has 1 N–H and O–H groups in total. The third kappa shape index (κ3) is 2.66. The minimum atomic E-state index is -0.336. The van der Waals surface area contributed by atoms with E-state index in [1.807, 2.05) is 7.05 Å². The van der Waals surface area contributed by atoms with E-state index in [4.69, 9.17) is 16.3 Å². The van der Waals surface area contributed by atoms with Crippen molar-refractivity contribution < 1.29 is 9.13 Å². The van der Waals surface area contributed by atoms with Crippen molar-refractivity contribution in [2.75, 3.05) is 7.05 Å². The summed E-state index contributed by atoms with van der Waals surface area (Å²) >= 11 is 5.90. The largest absolute Gasteiger partial charge is 0.489 e. The molecule has 1 aromatic rings. The predicted octanol–water partition coefficient (Wildman–Crippen LogP) is 3.00. The van der Waals surface area contributed by atoms with Crippen LogP contribution in [0.5, 0.6) is 5.75 Å². The van der Waals surface area contributed by atoms with E-state index in [2.05, 4.69) is 5.32 Å². The SMILES string of the molecule is CNC1CCC(Oc2ccc(F)cc2Cl)C1. The van der Waals surface area contributed by atoms with Gasteiger partial charge in [0.1, 0.15) is 17.7 Å². The van der Waals surface area contributed by atoms with Gasteiger partial charge in [-0.05, 0) is 44.5 Å². The molecule has 0 aromatic heterocycles. The van der Waals surface area contributed by atoms with Gasteiger partial charge in [-0.15, -0.1) is 0 Å². The lowest BCUT2D eigenvalue weighted by Gasteiger charge is -2.15. The molecule has 2 nitrogen and oxygen atoms in total. The van der Waals surface area contributed by atoms with E-state index in [9.17, 15) is 4.39 Å². The van der Waals surface area contributed by atoms with Crippen LogP contribution < -0.4 is 10.1 Å². The molecule has 1 fully saturated rings. The van der Waals surface area contributed by atoms with E-state index in [1.165, 1.54) is 12.1 Å². The second-order valence-corrected chi connectivity index (χ2v) is 4.52. The summed E-state index contributed by atoms with van der Waals surface area (Å²) in [4.78, 5) is 0. The molecule has 4 heteroatoms. The van der Waals surface area contributed by atoms with Gasteiger partial charge in [0, 0.05) is 6.04 Å². The Kier molecular flexibility index (Phi) is 3.66. The van der Waals surface area contributed by atoms with Gasteiger partial charge in [0.25, 0.3) is 0 Å². The van der Waals surface area contributed by atoms with Crippen molar-refractivity contribution in [1.29, 1.82) is 0 Å². The van der Waals surface area contributed by atoms with Crippen LogP contribution in [-0.4, -0.2) is 19.2 Å². The van der Waals surface area contributed by atoms with Crippen LogP contribution in [0.2, 0.25) is 5.02 Å². The van der Waals surface area contributed by atoms with E-state index < -0.39 is 0 Å². The van der Waals surface area contributed by atoms with Crippen LogP contribution in [0.3, 0.4) is 0 Å². The minimum Gasteiger partial charge on any atom is -0.489 e. The molecule has 16 heavy (non-hydrogen) atoms. The Labute approximate surface area is 99.7 Å². The fraction of sp³-hybridized carbons (Fsp3) is 0.500. The number of hydrogen-bond acceptors (Lipinski definition) is 2. The van der Waals surface area contributed by atoms with E-state index >= 15 is 0 Å². The van der Waals surface area contributed by atoms with E-state index in [1.54, 1.807) is 6.07 Å². The summed E-state index contributed by atoms with van der Waals surface area (Å²) in [5.41, 5.74) is 0. The van der Waals surface area contributed by atoms with Gasteiger partial charge in [-0.1, -0.05) is 11.6 Å². The molecule has 0 spiro atoms. The normalized spacial score (nSPS) is 24.7. The molecule has 0 aliphatic heterocycles. The van der Waals surface area contributed by atoms with Crippen molar-refractivity contribution in [3.8, 4) is 5.75 Å². The molecule has 0 amide bonds. The summed E-state index contributed by atoms with van der Waals surface area (Å²) in [5, 5.41) is 3.57. The van der Waals surface area contributed by atoms with Crippen molar-refractivity contribution in [3.05, 3.63) is 29.0 Å². The van der Waals surface area contributed by atoms with Crippen LogP contribution in [0, 0.1) is 5.82 Å². The third-order valence-corrected chi connectivity index (χ3v) is 3.28. The molecule has 0 radical (unpaired) electrons. The zero-order chi connectivity index (χ0) is 11.5. The van der Waals surface area contributed by atoms with Crippen LogP contribution in [-0.2, 0) is 0 Å². The molecular formula is C12H15ClFNO. The van der Waals surface area contributed by atoms with Gasteiger partial charge < -0.3 is 10.1 Å². The first-order valence-corrected chi connectivity index (χ1v) is 5.86. The second-order valence-electron chi connectivity index (χ2n) is 4.11. The molecule has 1 aliphatic carbocycles. The maximum absolute atomic E-state index is 12.8. The van der Waals surface area contributed by atoms with Crippen LogP contribution in [0.25, 0.3) is 0 Å². The number of benzene rings is 1. The quantitative estimate of drug-likeness (QED) is 0.881. The fourth-order valence-electron chi connectivity index (χ4n) is 2.06. The molecule has 2 unspecified atom stereocenters. The van der Waals surface area contributed by atoms with Gasteiger partial charge in [-0.3, -0.25) is 0 Å². The van der Waals surface area contributed by atoms with Crippen molar-refractivity contribution >= 4 is 11.6 Å². The molecule has 0 bridgehead atoms. The van der Waals surface area contributed by atoms with Crippen molar-refractivity contribution in [2.45, 2.75) is 31.4 Å². The van der Waals surface area contributed by atoms with E-state index in [0.29, 0.717) is 16.8 Å². The number of ether oxygens (including phenoxy) is 1. The highest BCUT2D eigenvalue weighted by Gasteiger charge is 2.25. The van der Waals surface area contributed by atoms with E-state index in [0.717, 1.165) is 19.3 Å². The van der Waals surface area contributed by atoms with Gasteiger partial charge in [0.05, 0.1) is 5.02 Å². The molecular weight excluding hydrogens is 229 g/mol. The fourth-order valence-corrected chi connectivity index (χ4v) is 2.27. The highest BCUT2D eigenvalue weighted by atomic mass is 35.5. The van der Waals surface area contributed by atoms with Crippen molar-refractivity contribution in [2.24, 2.45) is 0 Å². The molecule has 2 atom stereocenters. The minimum absolute atomic E-state index is 0.181. The van der Waals surface area contributed by atoms with Gasteiger partial charge in [-0.2, -0.15) is 0 Å². The lowest BCUT2D eigenvalue weighted by molar-refractivity contribution is 0.206. The molecule has 1 aliphatic rings. The standard InChI is InChI=1S/C12H15ClFNO/c1-15-9-3-4-10(7-9)16-12-5-2-8(14)6-11(12)13/h2,5-6,9-10,15H,3-4,7H2,1H3. The summed E-state index contributed by atoms with van der Waals surface area (Å²) < 4.78 is 18.6. The number of halogens is 2. The average Bonchev–Trinajstić information content (AvgIpc) is 2.70. The van der Waals surface area contributed by atoms with Crippen molar-refractivity contribution in [1.82, 2.24) is 5.32 Å². The summed E-state index contributed by atoms with van der Waals surface area (Å²) in [6.45, 7) is 0. The summed E-state index contributed by atoms with van der Waals surface area (Å²) in [7, 11) is 1.96. The zero-order valence-electron chi connectivity index (χ0n) is 9.17. The number of nitrogens with one attached hydrogen (secondary N) is 1. The summed E-state index contributed by atoms with van der Waals surface area (Å²) in [6.07, 6.45) is 3.28. The molecule has 0 heterocycles.